The number of hydrogen-bond donors (Lipinski definition) is 0. The maximum atomic E-state index is 4.45. The largest absolute Gasteiger partial charge is 0.261 e. The Balaban J connectivity index is 2.38. The van der Waals surface area contributed by atoms with Crippen LogP contribution in [0.3, 0.4) is 0 Å². The highest BCUT2D eigenvalue weighted by atomic mass is 14.8. The van der Waals surface area contributed by atoms with Crippen LogP contribution in [0.25, 0.3) is 0 Å². The number of fused-ring (bicyclic) bond motifs is 1. The van der Waals surface area contributed by atoms with Gasteiger partial charge in [-0.1, -0.05) is 18.6 Å². The van der Waals surface area contributed by atoms with Gasteiger partial charge < -0.3 is 0 Å². The Morgan fingerprint density at radius 1 is 1.50 bits per heavy atom. The lowest BCUT2D eigenvalue weighted by molar-refractivity contribution is 0.412. The molecule has 0 aromatic heterocycles. The molecule has 2 unspecified atom stereocenters. The van der Waals surface area contributed by atoms with Crippen molar-refractivity contribution in [1.29, 1.82) is 0 Å². The Bertz CT molecular complexity index is 271. The van der Waals surface area contributed by atoms with E-state index in [4.69, 9.17) is 0 Å². The summed E-state index contributed by atoms with van der Waals surface area (Å²) in [6, 6.07) is 0. The quantitative estimate of drug-likeness (QED) is 0.518. The van der Waals surface area contributed by atoms with E-state index in [2.05, 4.69) is 31.0 Å². The van der Waals surface area contributed by atoms with Gasteiger partial charge in [-0.15, -0.1) is 0 Å². The first-order chi connectivity index (χ1) is 5.79. The highest BCUT2D eigenvalue weighted by Gasteiger charge is 2.25. The standard InChI is InChI=1S/C11H15N/c1-8-5-6-9(2)11-10(8)4-3-7-12-11/h3-4,7-8,10H,5-6H2,1-2H3. The van der Waals surface area contributed by atoms with Crippen molar-refractivity contribution in [2.24, 2.45) is 16.8 Å². The van der Waals surface area contributed by atoms with E-state index in [0.29, 0.717) is 5.92 Å². The second-order valence-corrected chi connectivity index (χ2v) is 3.87. The van der Waals surface area contributed by atoms with Crippen molar-refractivity contribution in [3.8, 4) is 0 Å². The minimum absolute atomic E-state index is 0.601. The molecule has 0 radical (unpaired) electrons. The molecule has 12 heavy (non-hydrogen) atoms. The zero-order chi connectivity index (χ0) is 8.55. The van der Waals surface area contributed by atoms with E-state index in [9.17, 15) is 0 Å². The van der Waals surface area contributed by atoms with Crippen LogP contribution in [0, 0.1) is 11.8 Å². The smallest absolute Gasteiger partial charge is 0.0464 e. The molecular weight excluding hydrogens is 146 g/mol. The van der Waals surface area contributed by atoms with Crippen LogP contribution in [0.2, 0.25) is 0 Å². The Labute approximate surface area is 73.9 Å². The SMILES string of the molecule is CC1=C2N=CC=CC2C(C)CC1. The van der Waals surface area contributed by atoms with Crippen molar-refractivity contribution >= 4 is 6.21 Å². The van der Waals surface area contributed by atoms with Crippen LogP contribution in [-0.2, 0) is 0 Å². The van der Waals surface area contributed by atoms with Gasteiger partial charge in [-0.3, -0.25) is 4.99 Å². The molecule has 1 aliphatic carbocycles. The monoisotopic (exact) mass is 161 g/mol. The average Bonchev–Trinajstić information content (AvgIpc) is 2.12. The van der Waals surface area contributed by atoms with E-state index >= 15 is 0 Å². The number of hydrogen-bond acceptors (Lipinski definition) is 1. The zero-order valence-corrected chi connectivity index (χ0v) is 7.75. The van der Waals surface area contributed by atoms with Crippen LogP contribution in [-0.4, -0.2) is 6.21 Å². The van der Waals surface area contributed by atoms with Gasteiger partial charge in [0.05, 0.1) is 0 Å². The molecule has 0 N–H and O–H groups in total. The van der Waals surface area contributed by atoms with Crippen LogP contribution in [0.15, 0.2) is 28.4 Å². The molecule has 1 heterocycles. The van der Waals surface area contributed by atoms with Crippen molar-refractivity contribution in [2.75, 3.05) is 0 Å². The summed E-state index contributed by atoms with van der Waals surface area (Å²) in [6.07, 6.45) is 8.82. The lowest BCUT2D eigenvalue weighted by atomic mass is 9.79. The molecule has 2 rings (SSSR count). The van der Waals surface area contributed by atoms with Gasteiger partial charge in [0.15, 0.2) is 0 Å². The maximum absolute atomic E-state index is 4.45. The molecule has 1 aliphatic heterocycles. The third-order valence-electron chi connectivity index (χ3n) is 2.96. The summed E-state index contributed by atoms with van der Waals surface area (Å²) in [4.78, 5) is 4.45. The molecule has 0 aromatic rings. The van der Waals surface area contributed by atoms with Crippen molar-refractivity contribution < 1.29 is 0 Å². The van der Waals surface area contributed by atoms with Crippen LogP contribution in [0.4, 0.5) is 0 Å². The first-order valence-electron chi connectivity index (χ1n) is 4.69. The summed E-state index contributed by atoms with van der Waals surface area (Å²) >= 11 is 0. The fourth-order valence-electron chi connectivity index (χ4n) is 2.08. The van der Waals surface area contributed by atoms with Crippen LogP contribution >= 0.6 is 0 Å². The van der Waals surface area contributed by atoms with Gasteiger partial charge in [-0.2, -0.15) is 0 Å². The van der Waals surface area contributed by atoms with Gasteiger partial charge >= 0.3 is 0 Å². The van der Waals surface area contributed by atoms with Crippen molar-refractivity contribution in [3.63, 3.8) is 0 Å². The fraction of sp³-hybridized carbons (Fsp3) is 0.545. The Kier molecular flexibility index (Phi) is 1.87. The summed E-state index contributed by atoms with van der Waals surface area (Å²) in [6.45, 7) is 4.53. The minimum Gasteiger partial charge on any atom is -0.261 e. The number of aliphatic imine (C=N–C) groups is 1. The molecule has 0 aromatic carbocycles. The predicted molar refractivity (Wildman–Crippen MR) is 52.2 cm³/mol. The number of dihydropyridines is 1. The van der Waals surface area contributed by atoms with Crippen molar-refractivity contribution in [1.82, 2.24) is 0 Å². The first-order valence-corrected chi connectivity index (χ1v) is 4.69. The predicted octanol–water partition coefficient (Wildman–Crippen LogP) is 2.95. The number of rotatable bonds is 0. The molecule has 0 saturated carbocycles. The van der Waals surface area contributed by atoms with Crippen LogP contribution in [0.5, 0.6) is 0 Å². The lowest BCUT2D eigenvalue weighted by Gasteiger charge is -2.29. The number of nitrogens with zero attached hydrogens (tertiary/aromatic N) is 1. The molecule has 1 nitrogen and oxygen atoms in total. The van der Waals surface area contributed by atoms with Gasteiger partial charge in [0.1, 0.15) is 0 Å². The Morgan fingerprint density at radius 3 is 3.08 bits per heavy atom. The first kappa shape index (κ1) is 7.78. The number of allylic oxidation sites excluding steroid dienone is 3. The Hall–Kier alpha value is -0.850. The van der Waals surface area contributed by atoms with Gasteiger partial charge in [0, 0.05) is 17.8 Å². The molecule has 2 aliphatic rings. The fourth-order valence-corrected chi connectivity index (χ4v) is 2.08. The van der Waals surface area contributed by atoms with Gasteiger partial charge in [-0.25, -0.2) is 0 Å². The van der Waals surface area contributed by atoms with Crippen LogP contribution < -0.4 is 0 Å². The van der Waals surface area contributed by atoms with Gasteiger partial charge in [0.25, 0.3) is 0 Å². The van der Waals surface area contributed by atoms with E-state index in [-0.39, 0.29) is 0 Å². The van der Waals surface area contributed by atoms with E-state index in [0.717, 1.165) is 5.92 Å². The molecular formula is C11H15N. The minimum atomic E-state index is 0.601. The Morgan fingerprint density at radius 2 is 2.33 bits per heavy atom. The zero-order valence-electron chi connectivity index (χ0n) is 7.75. The second kappa shape index (κ2) is 2.89. The third kappa shape index (κ3) is 1.13. The molecule has 0 spiro atoms. The normalized spacial score (nSPS) is 33.8. The van der Waals surface area contributed by atoms with Crippen LogP contribution in [0.1, 0.15) is 26.7 Å². The van der Waals surface area contributed by atoms with Gasteiger partial charge in [0.2, 0.25) is 0 Å². The molecule has 0 bridgehead atoms. The maximum Gasteiger partial charge on any atom is 0.0464 e. The van der Waals surface area contributed by atoms with Crippen molar-refractivity contribution in [3.05, 3.63) is 23.4 Å². The molecule has 0 fully saturated rings. The third-order valence-corrected chi connectivity index (χ3v) is 2.96. The summed E-state index contributed by atoms with van der Waals surface area (Å²) in [5.74, 6) is 1.38. The van der Waals surface area contributed by atoms with Crippen molar-refractivity contribution in [2.45, 2.75) is 26.7 Å². The molecule has 0 saturated heterocycles. The molecule has 2 atom stereocenters. The van der Waals surface area contributed by atoms with E-state index in [1.165, 1.54) is 24.1 Å². The second-order valence-electron chi connectivity index (χ2n) is 3.87. The summed E-state index contributed by atoms with van der Waals surface area (Å²) < 4.78 is 0. The average molecular weight is 161 g/mol. The van der Waals surface area contributed by atoms with E-state index in [1.807, 2.05) is 6.21 Å². The molecule has 0 amide bonds. The topological polar surface area (TPSA) is 12.4 Å². The molecule has 1 heteroatoms. The summed E-state index contributed by atoms with van der Waals surface area (Å²) in [7, 11) is 0. The van der Waals surface area contributed by atoms with E-state index in [1.54, 1.807) is 0 Å². The lowest BCUT2D eigenvalue weighted by Crippen LogP contribution is -2.19. The summed E-state index contributed by atoms with van der Waals surface area (Å²) in [5, 5.41) is 0. The summed E-state index contributed by atoms with van der Waals surface area (Å²) in [5.41, 5.74) is 2.81. The van der Waals surface area contributed by atoms with Gasteiger partial charge in [-0.05, 0) is 31.8 Å². The highest BCUT2D eigenvalue weighted by Crippen LogP contribution is 2.36. The highest BCUT2D eigenvalue weighted by molar-refractivity contribution is 5.74. The molecule has 64 valence electrons. The van der Waals surface area contributed by atoms with E-state index < -0.39 is 0 Å².